The molecule has 4 heteroatoms. The van der Waals surface area contributed by atoms with E-state index in [4.69, 9.17) is 21.1 Å². The molecule has 1 atom stereocenters. The van der Waals surface area contributed by atoms with E-state index in [2.05, 4.69) is 53.8 Å². The first-order valence-corrected chi connectivity index (χ1v) is 10.8. The Labute approximate surface area is 185 Å². The highest BCUT2D eigenvalue weighted by atomic mass is 35.5. The van der Waals surface area contributed by atoms with Gasteiger partial charge < -0.3 is 14.8 Å². The zero-order chi connectivity index (χ0) is 21.3. The van der Waals surface area contributed by atoms with Gasteiger partial charge in [-0.1, -0.05) is 54.1 Å². The van der Waals surface area contributed by atoms with Gasteiger partial charge in [0.2, 0.25) is 0 Å². The van der Waals surface area contributed by atoms with E-state index in [1.54, 1.807) is 7.11 Å². The topological polar surface area (TPSA) is 30.5 Å². The molecule has 0 unspecified atom stereocenters. The molecule has 1 N–H and O–H groups in total. The van der Waals surface area contributed by atoms with E-state index in [-0.39, 0.29) is 12.0 Å². The summed E-state index contributed by atoms with van der Waals surface area (Å²) in [5.41, 5.74) is 3.68. The normalized spacial score (nSPS) is 12.0. The summed E-state index contributed by atoms with van der Waals surface area (Å²) in [5, 5.41) is 4.32. The highest BCUT2D eigenvalue weighted by molar-refractivity contribution is 6.30. The molecular formula is C26H30ClNO2. The van der Waals surface area contributed by atoms with Gasteiger partial charge in [0.1, 0.15) is 11.5 Å². The summed E-state index contributed by atoms with van der Waals surface area (Å²) in [5.74, 6) is 2.04. The molecule has 158 valence electrons. The minimum Gasteiger partial charge on any atom is -0.496 e. The third-order valence-corrected chi connectivity index (χ3v) is 5.27. The van der Waals surface area contributed by atoms with Crippen molar-refractivity contribution in [3.63, 3.8) is 0 Å². The number of ether oxygens (including phenoxy) is 2. The van der Waals surface area contributed by atoms with Crippen LogP contribution in [0.5, 0.6) is 11.5 Å². The summed E-state index contributed by atoms with van der Waals surface area (Å²) in [6.45, 7) is 5.78. The molecule has 3 aromatic carbocycles. The van der Waals surface area contributed by atoms with Crippen LogP contribution in [-0.2, 0) is 6.54 Å². The molecule has 0 fully saturated rings. The third-order valence-electron chi connectivity index (χ3n) is 5.02. The summed E-state index contributed by atoms with van der Waals surface area (Å²) >= 11 is 5.98. The number of hydrogen-bond donors (Lipinski definition) is 1. The Balaban J connectivity index is 1.73. The zero-order valence-corrected chi connectivity index (χ0v) is 18.7. The van der Waals surface area contributed by atoms with Crippen LogP contribution < -0.4 is 14.8 Å². The van der Waals surface area contributed by atoms with Crippen LogP contribution >= 0.6 is 11.6 Å². The summed E-state index contributed by atoms with van der Waals surface area (Å²) in [7, 11) is 1.73. The van der Waals surface area contributed by atoms with Crippen molar-refractivity contribution >= 4 is 11.6 Å². The van der Waals surface area contributed by atoms with Gasteiger partial charge in [-0.3, -0.25) is 0 Å². The maximum atomic E-state index is 5.98. The van der Waals surface area contributed by atoms with E-state index in [9.17, 15) is 0 Å². The van der Waals surface area contributed by atoms with Crippen LogP contribution in [0.2, 0.25) is 5.02 Å². The Morgan fingerprint density at radius 1 is 0.900 bits per heavy atom. The highest BCUT2D eigenvalue weighted by Crippen LogP contribution is 2.35. The van der Waals surface area contributed by atoms with Crippen LogP contribution in [0.1, 0.15) is 42.9 Å². The maximum Gasteiger partial charge on any atom is 0.122 e. The average molecular weight is 424 g/mol. The van der Waals surface area contributed by atoms with Gasteiger partial charge in [-0.25, -0.2) is 0 Å². The number of benzene rings is 3. The second kappa shape index (κ2) is 11.1. The van der Waals surface area contributed by atoms with Gasteiger partial charge >= 0.3 is 0 Å². The minimum atomic E-state index is 0.165. The Bertz CT molecular complexity index is 907. The molecule has 0 saturated heterocycles. The molecule has 0 amide bonds. The average Bonchev–Trinajstić information content (AvgIpc) is 2.75. The predicted octanol–water partition coefficient (Wildman–Crippen LogP) is 6.45. The Morgan fingerprint density at radius 2 is 1.60 bits per heavy atom. The molecule has 0 radical (unpaired) electrons. The quantitative estimate of drug-likeness (QED) is 0.380. The van der Waals surface area contributed by atoms with Gasteiger partial charge in [0.05, 0.1) is 13.2 Å². The summed E-state index contributed by atoms with van der Waals surface area (Å²) in [4.78, 5) is 0. The second-order valence-electron chi connectivity index (χ2n) is 7.62. The lowest BCUT2D eigenvalue weighted by Gasteiger charge is -2.21. The number of nitrogens with one attached hydrogen (secondary N) is 1. The van der Waals surface area contributed by atoms with Gasteiger partial charge in [0.25, 0.3) is 0 Å². The van der Waals surface area contributed by atoms with Gasteiger partial charge in [-0.15, -0.1) is 0 Å². The van der Waals surface area contributed by atoms with Crippen molar-refractivity contribution in [2.24, 2.45) is 0 Å². The zero-order valence-electron chi connectivity index (χ0n) is 17.9. The summed E-state index contributed by atoms with van der Waals surface area (Å²) in [6.07, 6.45) is 1.12. The Kier molecular flexibility index (Phi) is 8.18. The van der Waals surface area contributed by atoms with E-state index < -0.39 is 0 Å². The number of halogens is 1. The number of methoxy groups -OCH3 is 1. The molecule has 3 rings (SSSR count). The lowest BCUT2D eigenvalue weighted by Crippen LogP contribution is -2.18. The minimum absolute atomic E-state index is 0.165. The lowest BCUT2D eigenvalue weighted by atomic mass is 9.88. The van der Waals surface area contributed by atoms with Crippen molar-refractivity contribution in [3.8, 4) is 11.5 Å². The van der Waals surface area contributed by atoms with Crippen molar-refractivity contribution in [1.82, 2.24) is 5.32 Å². The fraction of sp³-hybridized carbons (Fsp3) is 0.308. The number of para-hydroxylation sites is 1. The maximum absolute atomic E-state index is 5.98. The van der Waals surface area contributed by atoms with Crippen LogP contribution in [0.15, 0.2) is 72.8 Å². The molecule has 0 aliphatic carbocycles. The largest absolute Gasteiger partial charge is 0.496 e. The molecular weight excluding hydrogens is 394 g/mol. The first-order valence-electron chi connectivity index (χ1n) is 10.4. The first-order chi connectivity index (χ1) is 14.6. The fourth-order valence-electron chi connectivity index (χ4n) is 3.59. The molecule has 0 heterocycles. The standard InChI is InChI=1S/C26H30ClNO2/c1-19(2)30-23-14-10-21(11-15-23)24(25-6-4-5-7-26(25)29-3)16-17-28-18-20-8-12-22(27)13-9-20/h4-15,19,24,28H,16-18H2,1-3H3/t24-/m1/s1. The number of rotatable bonds is 10. The molecule has 0 saturated carbocycles. The highest BCUT2D eigenvalue weighted by Gasteiger charge is 2.18. The van der Waals surface area contributed by atoms with Crippen LogP contribution in [-0.4, -0.2) is 19.8 Å². The molecule has 3 aromatic rings. The van der Waals surface area contributed by atoms with Gasteiger partial charge in [0, 0.05) is 23.0 Å². The smallest absolute Gasteiger partial charge is 0.122 e. The Hall–Kier alpha value is -2.49. The van der Waals surface area contributed by atoms with Crippen LogP contribution in [0.4, 0.5) is 0 Å². The molecule has 30 heavy (non-hydrogen) atoms. The van der Waals surface area contributed by atoms with Crippen molar-refractivity contribution in [2.75, 3.05) is 13.7 Å². The van der Waals surface area contributed by atoms with Crippen molar-refractivity contribution in [2.45, 2.75) is 38.8 Å². The van der Waals surface area contributed by atoms with Gasteiger partial charge in [-0.05, 0) is 68.3 Å². The SMILES string of the molecule is COc1ccccc1[C@H](CCNCc1ccc(Cl)cc1)c1ccc(OC(C)C)cc1. The van der Waals surface area contributed by atoms with Gasteiger partial charge in [-0.2, -0.15) is 0 Å². The molecule has 0 aliphatic rings. The van der Waals surface area contributed by atoms with Crippen molar-refractivity contribution < 1.29 is 9.47 Å². The molecule has 0 bridgehead atoms. The third kappa shape index (κ3) is 6.25. The van der Waals surface area contributed by atoms with E-state index in [0.717, 1.165) is 36.0 Å². The van der Waals surface area contributed by atoms with Crippen molar-refractivity contribution in [1.29, 1.82) is 0 Å². The molecule has 0 aromatic heterocycles. The van der Waals surface area contributed by atoms with Crippen LogP contribution in [0.3, 0.4) is 0 Å². The molecule has 3 nitrogen and oxygen atoms in total. The van der Waals surface area contributed by atoms with Crippen molar-refractivity contribution in [3.05, 3.63) is 94.5 Å². The monoisotopic (exact) mass is 423 g/mol. The van der Waals surface area contributed by atoms with Crippen LogP contribution in [0, 0.1) is 0 Å². The molecule has 0 spiro atoms. The van der Waals surface area contributed by atoms with Crippen LogP contribution in [0.25, 0.3) is 0 Å². The second-order valence-corrected chi connectivity index (χ2v) is 8.06. The predicted molar refractivity (Wildman–Crippen MR) is 125 cm³/mol. The lowest BCUT2D eigenvalue weighted by molar-refractivity contribution is 0.242. The first kappa shape index (κ1) is 22.2. The number of hydrogen-bond acceptors (Lipinski definition) is 3. The molecule has 0 aliphatic heterocycles. The summed E-state index contributed by atoms with van der Waals surface area (Å²) in [6, 6.07) is 24.7. The Morgan fingerprint density at radius 3 is 2.27 bits per heavy atom. The van der Waals surface area contributed by atoms with Gasteiger partial charge in [0.15, 0.2) is 0 Å². The fourth-order valence-corrected chi connectivity index (χ4v) is 3.71. The van der Waals surface area contributed by atoms with E-state index in [1.165, 1.54) is 16.7 Å². The van der Waals surface area contributed by atoms with E-state index in [0.29, 0.717) is 0 Å². The van der Waals surface area contributed by atoms with E-state index in [1.807, 2.05) is 38.1 Å². The summed E-state index contributed by atoms with van der Waals surface area (Å²) < 4.78 is 11.5. The van der Waals surface area contributed by atoms with E-state index >= 15 is 0 Å².